The van der Waals surface area contributed by atoms with Gasteiger partial charge < -0.3 is 10.6 Å². The average molecular weight is 260 g/mol. The van der Waals surface area contributed by atoms with Crippen molar-refractivity contribution in [3.63, 3.8) is 0 Å². The second-order valence-electron chi connectivity index (χ2n) is 4.53. The standard InChI is InChI=1S/C11H15F3N4/c1-7-16-9(15)5-10(17-7)18-4-2-3-8(6-18)11(12,13)14/h5,8H,2-4,6H2,1H3,(H2,15,16,17). The molecule has 2 N–H and O–H groups in total. The summed E-state index contributed by atoms with van der Waals surface area (Å²) in [4.78, 5) is 9.69. The number of rotatable bonds is 1. The van der Waals surface area contributed by atoms with Crippen LogP contribution in [-0.2, 0) is 0 Å². The van der Waals surface area contributed by atoms with Gasteiger partial charge in [0, 0.05) is 19.2 Å². The maximum absolute atomic E-state index is 12.7. The Morgan fingerprint density at radius 1 is 1.39 bits per heavy atom. The minimum atomic E-state index is -4.15. The van der Waals surface area contributed by atoms with Gasteiger partial charge in [0.15, 0.2) is 0 Å². The summed E-state index contributed by atoms with van der Waals surface area (Å²) in [5, 5.41) is 0. The second kappa shape index (κ2) is 4.62. The molecule has 0 bridgehead atoms. The van der Waals surface area contributed by atoms with Crippen LogP contribution in [0.2, 0.25) is 0 Å². The fraction of sp³-hybridized carbons (Fsp3) is 0.636. The lowest BCUT2D eigenvalue weighted by atomic mass is 9.97. The van der Waals surface area contributed by atoms with Gasteiger partial charge in [0.2, 0.25) is 0 Å². The molecule has 1 aliphatic heterocycles. The highest BCUT2D eigenvalue weighted by Gasteiger charge is 2.42. The molecule has 2 heterocycles. The molecule has 7 heteroatoms. The van der Waals surface area contributed by atoms with Crippen molar-refractivity contribution in [2.45, 2.75) is 25.9 Å². The summed E-state index contributed by atoms with van der Waals surface area (Å²) in [7, 11) is 0. The Balaban J connectivity index is 2.18. The van der Waals surface area contributed by atoms with E-state index in [1.807, 2.05) is 0 Å². The molecule has 4 nitrogen and oxygen atoms in total. The summed E-state index contributed by atoms with van der Waals surface area (Å²) < 4.78 is 38.1. The molecule has 0 saturated carbocycles. The highest BCUT2D eigenvalue weighted by molar-refractivity contribution is 5.47. The van der Waals surface area contributed by atoms with E-state index in [1.165, 1.54) is 6.07 Å². The highest BCUT2D eigenvalue weighted by Crippen LogP contribution is 2.34. The Bertz CT molecular complexity index is 413. The normalized spacial score (nSPS) is 21.1. The fourth-order valence-electron chi connectivity index (χ4n) is 2.19. The molecule has 0 spiro atoms. The number of alkyl halides is 3. The van der Waals surface area contributed by atoms with Crippen molar-refractivity contribution < 1.29 is 13.2 Å². The highest BCUT2D eigenvalue weighted by atomic mass is 19.4. The molecule has 1 unspecified atom stereocenters. The van der Waals surface area contributed by atoms with E-state index in [0.29, 0.717) is 24.6 Å². The van der Waals surface area contributed by atoms with Crippen molar-refractivity contribution in [1.29, 1.82) is 0 Å². The van der Waals surface area contributed by atoms with Gasteiger partial charge in [0.1, 0.15) is 17.5 Å². The van der Waals surface area contributed by atoms with E-state index in [9.17, 15) is 13.2 Å². The Kier molecular flexibility index (Phi) is 3.32. The molecular weight excluding hydrogens is 245 g/mol. The van der Waals surface area contributed by atoms with E-state index in [-0.39, 0.29) is 18.8 Å². The number of aryl methyl sites for hydroxylation is 1. The summed E-state index contributed by atoms with van der Waals surface area (Å²) in [5.74, 6) is -0.0533. The molecular formula is C11H15F3N4. The third-order valence-electron chi connectivity index (χ3n) is 3.05. The summed E-state index contributed by atoms with van der Waals surface area (Å²) in [6.45, 7) is 2.19. The number of nitrogen functional groups attached to an aromatic ring is 1. The molecule has 2 rings (SSSR count). The number of nitrogens with two attached hydrogens (primary N) is 1. The third-order valence-corrected chi connectivity index (χ3v) is 3.05. The minimum absolute atomic E-state index is 0.0562. The summed E-state index contributed by atoms with van der Waals surface area (Å²) in [6.07, 6.45) is -3.46. The molecule has 1 fully saturated rings. The van der Waals surface area contributed by atoms with E-state index >= 15 is 0 Å². The smallest absolute Gasteiger partial charge is 0.384 e. The van der Waals surface area contributed by atoms with Crippen LogP contribution in [0.4, 0.5) is 24.8 Å². The van der Waals surface area contributed by atoms with E-state index in [4.69, 9.17) is 5.73 Å². The van der Waals surface area contributed by atoms with Crippen LogP contribution in [0.15, 0.2) is 6.07 Å². The first-order valence-corrected chi connectivity index (χ1v) is 5.79. The molecule has 1 saturated heterocycles. The van der Waals surface area contributed by atoms with Crippen LogP contribution < -0.4 is 10.6 Å². The Morgan fingerprint density at radius 2 is 2.11 bits per heavy atom. The molecule has 18 heavy (non-hydrogen) atoms. The van der Waals surface area contributed by atoms with E-state index < -0.39 is 12.1 Å². The lowest BCUT2D eigenvalue weighted by Crippen LogP contribution is -2.42. The zero-order chi connectivity index (χ0) is 13.3. The van der Waals surface area contributed by atoms with Gasteiger partial charge in [-0.3, -0.25) is 0 Å². The van der Waals surface area contributed by atoms with Crippen LogP contribution in [-0.4, -0.2) is 29.2 Å². The van der Waals surface area contributed by atoms with Crippen LogP contribution in [0.5, 0.6) is 0 Å². The van der Waals surface area contributed by atoms with Crippen molar-refractivity contribution >= 4 is 11.6 Å². The maximum Gasteiger partial charge on any atom is 0.393 e. The van der Waals surface area contributed by atoms with E-state index in [1.54, 1.807) is 11.8 Å². The van der Waals surface area contributed by atoms with Gasteiger partial charge in [-0.1, -0.05) is 0 Å². The van der Waals surface area contributed by atoms with Crippen molar-refractivity contribution in [3.05, 3.63) is 11.9 Å². The fourth-order valence-corrected chi connectivity index (χ4v) is 2.19. The molecule has 1 aromatic rings. The monoisotopic (exact) mass is 260 g/mol. The van der Waals surface area contributed by atoms with Crippen LogP contribution in [0.25, 0.3) is 0 Å². The molecule has 1 aromatic heterocycles. The van der Waals surface area contributed by atoms with Gasteiger partial charge in [0.25, 0.3) is 0 Å². The minimum Gasteiger partial charge on any atom is -0.384 e. The zero-order valence-electron chi connectivity index (χ0n) is 10.0. The lowest BCUT2D eigenvalue weighted by Gasteiger charge is -2.34. The molecule has 0 amide bonds. The molecule has 0 radical (unpaired) electrons. The van der Waals surface area contributed by atoms with Gasteiger partial charge in [-0.05, 0) is 19.8 Å². The van der Waals surface area contributed by atoms with E-state index in [2.05, 4.69) is 9.97 Å². The third kappa shape index (κ3) is 2.83. The Labute approximate surface area is 103 Å². The largest absolute Gasteiger partial charge is 0.393 e. The molecule has 100 valence electrons. The molecule has 0 aromatic carbocycles. The van der Waals surface area contributed by atoms with Crippen LogP contribution in [0.1, 0.15) is 18.7 Å². The Hall–Kier alpha value is -1.53. The number of halogens is 3. The molecule has 1 aliphatic rings. The summed E-state index contributed by atoms with van der Waals surface area (Å²) in [6, 6.07) is 1.52. The summed E-state index contributed by atoms with van der Waals surface area (Å²) in [5.41, 5.74) is 5.59. The molecule has 1 atom stereocenters. The SMILES string of the molecule is Cc1nc(N)cc(N2CCCC(C(F)(F)F)C2)n1. The van der Waals surface area contributed by atoms with Crippen molar-refractivity contribution in [1.82, 2.24) is 9.97 Å². The number of anilines is 2. The van der Waals surface area contributed by atoms with Crippen LogP contribution in [0.3, 0.4) is 0 Å². The first-order valence-electron chi connectivity index (χ1n) is 5.79. The first-order chi connectivity index (χ1) is 8.36. The van der Waals surface area contributed by atoms with Crippen molar-refractivity contribution in [2.75, 3.05) is 23.7 Å². The number of aromatic nitrogens is 2. The van der Waals surface area contributed by atoms with Crippen LogP contribution >= 0.6 is 0 Å². The van der Waals surface area contributed by atoms with Gasteiger partial charge in [0.05, 0.1) is 5.92 Å². The van der Waals surface area contributed by atoms with Crippen molar-refractivity contribution in [3.8, 4) is 0 Å². The van der Waals surface area contributed by atoms with Crippen molar-refractivity contribution in [2.24, 2.45) is 5.92 Å². The zero-order valence-corrected chi connectivity index (χ0v) is 10.0. The quantitative estimate of drug-likeness (QED) is 0.840. The number of hydrogen-bond acceptors (Lipinski definition) is 4. The predicted molar refractivity (Wildman–Crippen MR) is 62.2 cm³/mol. The number of hydrogen-bond donors (Lipinski definition) is 1. The average Bonchev–Trinajstić information content (AvgIpc) is 2.27. The maximum atomic E-state index is 12.7. The molecule has 0 aliphatic carbocycles. The number of nitrogens with zero attached hydrogens (tertiary/aromatic N) is 3. The second-order valence-corrected chi connectivity index (χ2v) is 4.53. The van der Waals surface area contributed by atoms with Gasteiger partial charge in [-0.15, -0.1) is 0 Å². The summed E-state index contributed by atoms with van der Waals surface area (Å²) >= 11 is 0. The van der Waals surface area contributed by atoms with Crippen LogP contribution in [0, 0.1) is 12.8 Å². The lowest BCUT2D eigenvalue weighted by molar-refractivity contribution is -0.176. The van der Waals surface area contributed by atoms with Gasteiger partial charge in [-0.2, -0.15) is 13.2 Å². The van der Waals surface area contributed by atoms with Gasteiger partial charge in [-0.25, -0.2) is 9.97 Å². The predicted octanol–water partition coefficient (Wildman–Crippen LogP) is 2.15. The number of piperidine rings is 1. The first kappa shape index (κ1) is 12.9. The topological polar surface area (TPSA) is 55.0 Å². The van der Waals surface area contributed by atoms with Gasteiger partial charge >= 0.3 is 6.18 Å². The van der Waals surface area contributed by atoms with E-state index in [0.717, 1.165) is 0 Å². The Morgan fingerprint density at radius 3 is 2.72 bits per heavy atom.